The number of hydrogen-bond acceptors (Lipinski definition) is 5. The Morgan fingerprint density at radius 3 is 2.70 bits per heavy atom. The molecule has 132 valence electrons. The Bertz CT molecular complexity index is 1050. The van der Waals surface area contributed by atoms with Crippen molar-refractivity contribution in [3.63, 3.8) is 0 Å². The first-order valence-electron chi connectivity index (χ1n) is 8.41. The van der Waals surface area contributed by atoms with E-state index in [1.165, 1.54) is 11.0 Å². The zero-order valence-corrected chi connectivity index (χ0v) is 14.4. The molecular formula is C20H16N6O. The van der Waals surface area contributed by atoms with Crippen LogP contribution in [0.2, 0.25) is 0 Å². The first kappa shape index (κ1) is 16.6. The molecule has 0 unspecified atom stereocenters. The topological polar surface area (TPSA) is 85.6 Å². The number of carbonyl (C=O) groups is 1. The SMILES string of the molecule is O=C(NCc1ccnc(-c2cccnc2)c1)c1cnn(-c2ccccc2)n1. The van der Waals surface area contributed by atoms with Gasteiger partial charge in [0.2, 0.25) is 0 Å². The molecule has 7 nitrogen and oxygen atoms in total. The van der Waals surface area contributed by atoms with Crippen molar-refractivity contribution in [2.24, 2.45) is 0 Å². The van der Waals surface area contributed by atoms with Crippen molar-refractivity contribution in [3.8, 4) is 16.9 Å². The van der Waals surface area contributed by atoms with E-state index >= 15 is 0 Å². The molecule has 0 fully saturated rings. The minimum atomic E-state index is -0.281. The highest BCUT2D eigenvalue weighted by molar-refractivity contribution is 5.91. The Hall–Kier alpha value is -3.87. The number of benzene rings is 1. The molecule has 27 heavy (non-hydrogen) atoms. The summed E-state index contributed by atoms with van der Waals surface area (Å²) >= 11 is 0. The van der Waals surface area contributed by atoms with Crippen molar-refractivity contribution in [1.82, 2.24) is 30.3 Å². The fourth-order valence-electron chi connectivity index (χ4n) is 2.58. The Kier molecular flexibility index (Phi) is 4.65. The average Bonchev–Trinajstić information content (AvgIpc) is 3.24. The van der Waals surface area contributed by atoms with Gasteiger partial charge in [0, 0.05) is 30.7 Å². The van der Waals surface area contributed by atoms with Gasteiger partial charge in [0.25, 0.3) is 5.91 Å². The first-order chi connectivity index (χ1) is 13.3. The molecule has 3 aromatic heterocycles. The van der Waals surface area contributed by atoms with Gasteiger partial charge in [-0.05, 0) is 42.0 Å². The fraction of sp³-hybridized carbons (Fsp3) is 0.0500. The predicted octanol–water partition coefficient (Wildman–Crippen LogP) is 2.65. The molecule has 0 aliphatic carbocycles. The predicted molar refractivity (Wildman–Crippen MR) is 100.0 cm³/mol. The molecule has 1 amide bonds. The van der Waals surface area contributed by atoms with E-state index in [1.54, 1.807) is 18.6 Å². The Labute approximate surface area is 155 Å². The number of pyridine rings is 2. The quantitative estimate of drug-likeness (QED) is 0.594. The van der Waals surface area contributed by atoms with Crippen LogP contribution in [0.3, 0.4) is 0 Å². The maximum absolute atomic E-state index is 12.4. The summed E-state index contributed by atoms with van der Waals surface area (Å²) < 4.78 is 0. The second-order valence-electron chi connectivity index (χ2n) is 5.83. The van der Waals surface area contributed by atoms with Gasteiger partial charge in [0.15, 0.2) is 5.69 Å². The van der Waals surface area contributed by atoms with Gasteiger partial charge in [-0.3, -0.25) is 14.8 Å². The summed E-state index contributed by atoms with van der Waals surface area (Å²) in [6.45, 7) is 0.368. The summed E-state index contributed by atoms with van der Waals surface area (Å²) in [7, 11) is 0. The molecule has 0 saturated heterocycles. The third kappa shape index (κ3) is 3.87. The maximum atomic E-state index is 12.4. The maximum Gasteiger partial charge on any atom is 0.273 e. The lowest BCUT2D eigenvalue weighted by Crippen LogP contribution is -2.23. The van der Waals surface area contributed by atoms with Crippen molar-refractivity contribution >= 4 is 5.91 Å². The summed E-state index contributed by atoms with van der Waals surface area (Å²) in [5.41, 5.74) is 3.74. The van der Waals surface area contributed by atoms with Crippen molar-refractivity contribution in [2.45, 2.75) is 6.54 Å². The Balaban J connectivity index is 1.43. The second kappa shape index (κ2) is 7.57. The van der Waals surface area contributed by atoms with E-state index < -0.39 is 0 Å². The summed E-state index contributed by atoms with van der Waals surface area (Å²) in [6, 6.07) is 17.0. The minimum Gasteiger partial charge on any atom is -0.347 e. The van der Waals surface area contributed by atoms with Crippen LogP contribution in [0.25, 0.3) is 16.9 Å². The molecule has 0 radical (unpaired) electrons. The Morgan fingerprint density at radius 1 is 1.00 bits per heavy atom. The van der Waals surface area contributed by atoms with Gasteiger partial charge in [-0.1, -0.05) is 18.2 Å². The summed E-state index contributed by atoms with van der Waals surface area (Å²) in [6.07, 6.45) is 6.65. The third-order valence-corrected chi connectivity index (χ3v) is 3.95. The Morgan fingerprint density at radius 2 is 1.89 bits per heavy atom. The van der Waals surface area contributed by atoms with Crippen LogP contribution in [0, 0.1) is 0 Å². The molecule has 4 aromatic rings. The zero-order chi connectivity index (χ0) is 18.5. The molecule has 0 atom stereocenters. The van der Waals surface area contributed by atoms with Crippen molar-refractivity contribution in [1.29, 1.82) is 0 Å². The van der Waals surface area contributed by atoms with Gasteiger partial charge in [-0.15, -0.1) is 5.10 Å². The van der Waals surface area contributed by atoms with Gasteiger partial charge >= 0.3 is 0 Å². The van der Waals surface area contributed by atoms with Crippen molar-refractivity contribution < 1.29 is 4.79 Å². The number of carbonyl (C=O) groups excluding carboxylic acids is 1. The summed E-state index contributed by atoms with van der Waals surface area (Å²) in [4.78, 5) is 22.3. The van der Waals surface area contributed by atoms with Crippen molar-refractivity contribution in [2.75, 3.05) is 0 Å². The minimum absolute atomic E-state index is 0.264. The van der Waals surface area contributed by atoms with Crippen LogP contribution in [0.15, 0.2) is 79.4 Å². The molecule has 3 heterocycles. The van der Waals surface area contributed by atoms with Crippen LogP contribution in [-0.2, 0) is 6.54 Å². The summed E-state index contributed by atoms with van der Waals surface area (Å²) in [5.74, 6) is -0.281. The number of rotatable bonds is 5. The zero-order valence-electron chi connectivity index (χ0n) is 14.4. The van der Waals surface area contributed by atoms with E-state index in [9.17, 15) is 4.79 Å². The standard InChI is InChI=1S/C20H16N6O/c27-20(19-14-24-26(25-19)17-6-2-1-3-7-17)23-12-15-8-10-22-18(11-15)16-5-4-9-21-13-16/h1-11,13-14H,12H2,(H,23,27). The number of para-hydroxylation sites is 1. The molecule has 0 saturated carbocycles. The lowest BCUT2D eigenvalue weighted by atomic mass is 10.1. The normalized spacial score (nSPS) is 10.5. The van der Waals surface area contributed by atoms with Crippen LogP contribution in [0.5, 0.6) is 0 Å². The molecule has 7 heteroatoms. The average molecular weight is 356 g/mol. The summed E-state index contributed by atoms with van der Waals surface area (Å²) in [5, 5.41) is 11.2. The monoisotopic (exact) mass is 356 g/mol. The van der Waals surface area contributed by atoms with Gasteiger partial charge in [0.1, 0.15) is 0 Å². The molecule has 4 rings (SSSR count). The highest BCUT2D eigenvalue weighted by atomic mass is 16.2. The number of amides is 1. The molecule has 1 N–H and O–H groups in total. The molecule has 0 aliphatic heterocycles. The van der Waals surface area contributed by atoms with Gasteiger partial charge in [-0.2, -0.15) is 9.90 Å². The van der Waals surface area contributed by atoms with E-state index in [2.05, 4.69) is 25.5 Å². The number of nitrogens with one attached hydrogen (secondary N) is 1. The number of nitrogens with zero attached hydrogens (tertiary/aromatic N) is 5. The van der Waals surface area contributed by atoms with Crippen LogP contribution in [0.4, 0.5) is 0 Å². The lowest BCUT2D eigenvalue weighted by molar-refractivity contribution is 0.0945. The molecule has 0 aliphatic rings. The smallest absolute Gasteiger partial charge is 0.273 e. The fourth-order valence-corrected chi connectivity index (χ4v) is 2.58. The van der Waals surface area contributed by atoms with Crippen LogP contribution >= 0.6 is 0 Å². The number of hydrogen-bond donors (Lipinski definition) is 1. The van der Waals surface area contributed by atoms with Crippen molar-refractivity contribution in [3.05, 3.63) is 90.6 Å². The van der Waals surface area contributed by atoms with Crippen LogP contribution < -0.4 is 5.32 Å². The van der Waals surface area contributed by atoms with Gasteiger partial charge < -0.3 is 5.32 Å². The van der Waals surface area contributed by atoms with Gasteiger partial charge in [-0.25, -0.2) is 0 Å². The first-order valence-corrected chi connectivity index (χ1v) is 8.41. The van der Waals surface area contributed by atoms with Crippen LogP contribution in [0.1, 0.15) is 16.1 Å². The van der Waals surface area contributed by atoms with E-state index in [0.717, 1.165) is 22.5 Å². The highest BCUT2D eigenvalue weighted by Crippen LogP contribution is 2.16. The molecule has 0 spiro atoms. The third-order valence-electron chi connectivity index (χ3n) is 3.95. The highest BCUT2D eigenvalue weighted by Gasteiger charge is 2.11. The van der Waals surface area contributed by atoms with E-state index in [1.807, 2.05) is 54.6 Å². The molecule has 0 bridgehead atoms. The second-order valence-corrected chi connectivity index (χ2v) is 5.83. The molecule has 1 aromatic carbocycles. The number of aromatic nitrogens is 5. The lowest BCUT2D eigenvalue weighted by Gasteiger charge is -2.06. The molecular weight excluding hydrogens is 340 g/mol. The van der Waals surface area contributed by atoms with E-state index in [4.69, 9.17) is 0 Å². The van der Waals surface area contributed by atoms with Gasteiger partial charge in [0.05, 0.1) is 17.6 Å². The van der Waals surface area contributed by atoms with Crippen LogP contribution in [-0.4, -0.2) is 30.9 Å². The van der Waals surface area contributed by atoms with E-state index in [-0.39, 0.29) is 11.6 Å². The largest absolute Gasteiger partial charge is 0.347 e. The van der Waals surface area contributed by atoms with E-state index in [0.29, 0.717) is 6.54 Å².